The van der Waals surface area contributed by atoms with E-state index >= 15 is 0 Å². The molecule has 6 heteroatoms. The molecule has 0 amide bonds. The summed E-state index contributed by atoms with van der Waals surface area (Å²) in [4.78, 5) is 22.5. The lowest BCUT2D eigenvalue weighted by Crippen LogP contribution is -2.36. The Labute approximate surface area is 189 Å². The van der Waals surface area contributed by atoms with E-state index in [1.54, 1.807) is 0 Å². The Bertz CT molecular complexity index is 1140. The first kappa shape index (κ1) is 22.2. The monoisotopic (exact) mass is 432 g/mol. The molecule has 3 aromatic rings. The molecule has 2 heterocycles. The Morgan fingerprint density at radius 3 is 2.59 bits per heavy atom. The zero-order chi connectivity index (χ0) is 22.8. The first-order chi connectivity index (χ1) is 15.3. The summed E-state index contributed by atoms with van der Waals surface area (Å²) < 4.78 is 0. The molecule has 2 N–H and O–H groups in total. The number of anilines is 1. The first-order valence-corrected chi connectivity index (χ1v) is 11.4. The van der Waals surface area contributed by atoms with E-state index < -0.39 is 5.97 Å². The third kappa shape index (κ3) is 4.91. The maximum atomic E-state index is 11.0. The van der Waals surface area contributed by atoms with Gasteiger partial charge < -0.3 is 10.4 Å². The fraction of sp³-hybridized carbons (Fsp3) is 0.423. The number of carboxylic acid groups (broad SMARTS) is 1. The topological polar surface area (TPSA) is 78.4 Å². The molecule has 1 aliphatic rings. The van der Waals surface area contributed by atoms with Crippen LogP contribution in [0.3, 0.4) is 0 Å². The lowest BCUT2D eigenvalue weighted by atomic mass is 9.86. The number of hydrogen-bond donors (Lipinski definition) is 2. The van der Waals surface area contributed by atoms with Gasteiger partial charge in [0.2, 0.25) is 0 Å². The molecule has 168 valence electrons. The van der Waals surface area contributed by atoms with Crippen molar-refractivity contribution in [2.75, 3.05) is 25.0 Å². The number of fused-ring (bicyclic) bond motifs is 1. The van der Waals surface area contributed by atoms with E-state index in [1.807, 2.05) is 11.8 Å². The van der Waals surface area contributed by atoms with Gasteiger partial charge >= 0.3 is 5.97 Å². The molecule has 0 aliphatic carbocycles. The van der Waals surface area contributed by atoms with Gasteiger partial charge in [-0.15, -0.1) is 0 Å². The van der Waals surface area contributed by atoms with Crippen LogP contribution < -0.4 is 5.32 Å². The van der Waals surface area contributed by atoms with E-state index in [0.717, 1.165) is 48.5 Å². The highest BCUT2D eigenvalue weighted by Gasteiger charge is 2.24. The first-order valence-electron chi connectivity index (χ1n) is 11.4. The third-order valence-corrected chi connectivity index (χ3v) is 6.48. The molecule has 0 spiro atoms. The fourth-order valence-electron chi connectivity index (χ4n) is 4.78. The average molecular weight is 433 g/mol. The maximum Gasteiger partial charge on any atom is 0.317 e. The number of likely N-dealkylation sites (tertiary alicyclic amines) is 1. The van der Waals surface area contributed by atoms with Gasteiger partial charge in [-0.2, -0.15) is 0 Å². The number of aryl methyl sites for hydroxylation is 3. The zero-order valence-electron chi connectivity index (χ0n) is 19.4. The standard InChI is InChI=1S/C26H32N4O2/c1-16-6-5-7-21(12-16)18(3)27-26-23-14-22(17(2)13-24(23)28-19(4)29-26)20-8-10-30(11-9-20)15-25(31)32/h5-7,12-14,18,20H,8-11,15H2,1-4H3,(H,31,32)(H,27,28,29)/t18-/m0/s1. The highest BCUT2D eigenvalue weighted by atomic mass is 16.4. The number of rotatable bonds is 6. The van der Waals surface area contributed by atoms with Gasteiger partial charge in [0.1, 0.15) is 11.6 Å². The highest BCUT2D eigenvalue weighted by molar-refractivity contribution is 5.90. The number of piperidine rings is 1. The van der Waals surface area contributed by atoms with E-state index in [0.29, 0.717) is 5.92 Å². The number of benzene rings is 2. The largest absolute Gasteiger partial charge is 0.480 e. The molecule has 32 heavy (non-hydrogen) atoms. The zero-order valence-corrected chi connectivity index (χ0v) is 19.4. The minimum absolute atomic E-state index is 0.122. The van der Waals surface area contributed by atoms with Crippen LogP contribution in [-0.4, -0.2) is 45.6 Å². The second-order valence-corrected chi connectivity index (χ2v) is 9.07. The van der Waals surface area contributed by atoms with Gasteiger partial charge in [0, 0.05) is 11.4 Å². The van der Waals surface area contributed by atoms with Gasteiger partial charge in [0.25, 0.3) is 0 Å². The summed E-state index contributed by atoms with van der Waals surface area (Å²) in [7, 11) is 0. The molecule has 2 aromatic carbocycles. The van der Waals surface area contributed by atoms with Gasteiger partial charge in [-0.05, 0) is 88.4 Å². The van der Waals surface area contributed by atoms with Gasteiger partial charge in [-0.25, -0.2) is 9.97 Å². The number of aromatic nitrogens is 2. The molecule has 0 radical (unpaired) electrons. The summed E-state index contributed by atoms with van der Waals surface area (Å²) in [6, 6.07) is 13.1. The number of carboxylic acids is 1. The summed E-state index contributed by atoms with van der Waals surface area (Å²) in [5.74, 6) is 1.29. The molecule has 1 aliphatic heterocycles. The van der Waals surface area contributed by atoms with Gasteiger partial charge in [0.15, 0.2) is 0 Å². The normalized spacial score (nSPS) is 16.2. The minimum Gasteiger partial charge on any atom is -0.480 e. The molecule has 1 atom stereocenters. The average Bonchev–Trinajstić information content (AvgIpc) is 2.73. The van der Waals surface area contributed by atoms with E-state index in [1.165, 1.54) is 22.3 Å². The number of carbonyl (C=O) groups is 1. The summed E-state index contributed by atoms with van der Waals surface area (Å²) in [5.41, 5.74) is 6.00. The maximum absolute atomic E-state index is 11.0. The van der Waals surface area contributed by atoms with Crippen LogP contribution >= 0.6 is 0 Å². The number of nitrogens with zero attached hydrogens (tertiary/aromatic N) is 3. The molecule has 6 nitrogen and oxygen atoms in total. The van der Waals surface area contributed by atoms with E-state index in [4.69, 9.17) is 15.1 Å². The summed E-state index contributed by atoms with van der Waals surface area (Å²) in [6.07, 6.45) is 1.93. The summed E-state index contributed by atoms with van der Waals surface area (Å²) in [6.45, 7) is 10.1. The molecule has 0 bridgehead atoms. The molecule has 1 fully saturated rings. The van der Waals surface area contributed by atoms with Crippen molar-refractivity contribution in [3.8, 4) is 0 Å². The molecular formula is C26H32N4O2. The smallest absolute Gasteiger partial charge is 0.317 e. The van der Waals surface area contributed by atoms with Crippen molar-refractivity contribution in [2.45, 2.75) is 52.5 Å². The second kappa shape index (κ2) is 9.25. The number of nitrogens with one attached hydrogen (secondary N) is 1. The predicted octanol–water partition coefficient (Wildman–Crippen LogP) is 4.99. The Hall–Kier alpha value is -2.99. The van der Waals surface area contributed by atoms with Gasteiger partial charge in [-0.3, -0.25) is 9.69 Å². The SMILES string of the molecule is Cc1cccc([C@H](C)Nc2nc(C)nc3cc(C)c(C4CCN(CC(=O)O)CC4)cc23)c1. The Balaban J connectivity index is 1.63. The van der Waals surface area contributed by atoms with Crippen molar-refractivity contribution in [1.29, 1.82) is 0 Å². The molecule has 0 unspecified atom stereocenters. The van der Waals surface area contributed by atoms with Crippen molar-refractivity contribution in [2.24, 2.45) is 0 Å². The molecule has 1 saturated heterocycles. The van der Waals surface area contributed by atoms with Crippen molar-refractivity contribution in [1.82, 2.24) is 14.9 Å². The lowest BCUT2D eigenvalue weighted by molar-refractivity contribution is -0.138. The lowest BCUT2D eigenvalue weighted by Gasteiger charge is -2.32. The van der Waals surface area contributed by atoms with Crippen LogP contribution in [0.5, 0.6) is 0 Å². The van der Waals surface area contributed by atoms with Gasteiger partial charge in [0.05, 0.1) is 12.1 Å². The summed E-state index contributed by atoms with van der Waals surface area (Å²) >= 11 is 0. The van der Waals surface area contributed by atoms with Crippen LogP contribution in [0.15, 0.2) is 36.4 Å². The van der Waals surface area contributed by atoms with E-state index in [9.17, 15) is 4.79 Å². The van der Waals surface area contributed by atoms with Crippen LogP contribution in [0.1, 0.15) is 59.8 Å². The third-order valence-electron chi connectivity index (χ3n) is 6.48. The molecule has 4 rings (SSSR count). The highest BCUT2D eigenvalue weighted by Crippen LogP contribution is 2.35. The number of aliphatic carboxylic acids is 1. The van der Waals surface area contributed by atoms with Crippen molar-refractivity contribution < 1.29 is 9.90 Å². The molecule has 0 saturated carbocycles. The van der Waals surface area contributed by atoms with E-state index in [2.05, 4.69) is 62.5 Å². The fourth-order valence-corrected chi connectivity index (χ4v) is 4.78. The quantitative estimate of drug-likeness (QED) is 0.571. The van der Waals surface area contributed by atoms with Crippen LogP contribution in [-0.2, 0) is 4.79 Å². The summed E-state index contributed by atoms with van der Waals surface area (Å²) in [5, 5.41) is 13.7. The van der Waals surface area contributed by atoms with Crippen LogP contribution in [0.2, 0.25) is 0 Å². The molecular weight excluding hydrogens is 400 g/mol. The Kier molecular flexibility index (Phi) is 6.42. The number of hydrogen-bond acceptors (Lipinski definition) is 5. The van der Waals surface area contributed by atoms with Crippen molar-refractivity contribution >= 4 is 22.7 Å². The second-order valence-electron chi connectivity index (χ2n) is 9.07. The van der Waals surface area contributed by atoms with Crippen molar-refractivity contribution in [3.63, 3.8) is 0 Å². The van der Waals surface area contributed by atoms with Gasteiger partial charge in [-0.1, -0.05) is 29.8 Å². The Morgan fingerprint density at radius 1 is 1.16 bits per heavy atom. The predicted molar refractivity (Wildman–Crippen MR) is 128 cm³/mol. The van der Waals surface area contributed by atoms with Crippen LogP contribution in [0, 0.1) is 20.8 Å². The van der Waals surface area contributed by atoms with Crippen molar-refractivity contribution in [3.05, 3.63) is 64.5 Å². The Morgan fingerprint density at radius 2 is 1.91 bits per heavy atom. The minimum atomic E-state index is -0.753. The molecule has 1 aromatic heterocycles. The van der Waals surface area contributed by atoms with E-state index in [-0.39, 0.29) is 12.6 Å². The van der Waals surface area contributed by atoms with Crippen LogP contribution in [0.25, 0.3) is 10.9 Å². The van der Waals surface area contributed by atoms with Crippen LogP contribution in [0.4, 0.5) is 5.82 Å².